The predicted molar refractivity (Wildman–Crippen MR) is 246 cm³/mol. The van der Waals surface area contributed by atoms with Crippen molar-refractivity contribution in [3.05, 3.63) is 215 Å². The molecule has 1 aliphatic heterocycles. The molecule has 1 aromatic heterocycles. The Kier molecular flexibility index (Phi) is 9.52. The van der Waals surface area contributed by atoms with Gasteiger partial charge in [-0.15, -0.1) is 0 Å². The van der Waals surface area contributed by atoms with Gasteiger partial charge in [-0.2, -0.15) is 0 Å². The summed E-state index contributed by atoms with van der Waals surface area (Å²) >= 11 is 0.419. The van der Waals surface area contributed by atoms with Gasteiger partial charge < -0.3 is 0 Å². The normalized spacial score (nSPS) is 17.0. The van der Waals surface area contributed by atoms with Crippen molar-refractivity contribution >= 4 is 48.2 Å². The fourth-order valence-electron chi connectivity index (χ4n) is 9.42. The summed E-state index contributed by atoms with van der Waals surface area (Å²) in [6, 6.07) is 53.1. The van der Waals surface area contributed by atoms with Crippen LogP contribution in [0.25, 0.3) is 51.0 Å². The molecule has 2 heteroatoms. The molecule has 3 aliphatic rings. The third kappa shape index (κ3) is 6.52. The number of fused-ring (bicyclic) bond motifs is 8. The van der Waals surface area contributed by atoms with Crippen molar-refractivity contribution in [3.63, 3.8) is 0 Å². The van der Waals surface area contributed by atoms with E-state index in [0.717, 1.165) is 12.0 Å². The summed E-state index contributed by atoms with van der Waals surface area (Å²) in [6.07, 6.45) is 12.1. The van der Waals surface area contributed by atoms with Gasteiger partial charge in [-0.3, -0.25) is 0 Å². The molecule has 0 bridgehead atoms. The Balaban J connectivity index is 0.000000234. The summed E-state index contributed by atoms with van der Waals surface area (Å²) < 4.78 is 4.01. The molecule has 0 fully saturated rings. The van der Waals surface area contributed by atoms with Crippen molar-refractivity contribution in [2.45, 2.75) is 56.7 Å². The molecule has 0 N–H and O–H groups in total. The quantitative estimate of drug-likeness (QED) is 0.121. The van der Waals surface area contributed by atoms with Crippen LogP contribution in [-0.2, 0) is 17.3 Å². The number of hydrogen-bond acceptors (Lipinski definition) is 0. The maximum Gasteiger partial charge on any atom is 0.0158 e. The molecule has 7 aromatic rings. The molecular weight excluding hydrogens is 754 g/mol. The van der Waals surface area contributed by atoms with Gasteiger partial charge in [-0.25, -0.2) is 0 Å². The standard InChI is InChI=1S/C40H35NSe.C15H14/c1-5-6-14-29(31-22-27(2)21-30(23-31)28-15-8-7-9-16-28)26-41-36-19-12-10-17-32(36)33-24-39-35(25-37(33)41)40(3,4)34-18-11-13-20-38(34)42-39;1-15(2)13-9-5-3-7-11(13)12-8-4-6-10-14(12)15/h5-23,25-26,39H,1,24H2,2-4H3;3-10H,1-2H3/b14-6-,29-26+;. The first-order valence-electron chi connectivity index (χ1n) is 20.1. The van der Waals surface area contributed by atoms with Gasteiger partial charge in [0.15, 0.2) is 0 Å². The largest absolute Gasteiger partial charge is 0.0619 e. The number of rotatable bonds is 5. The molecule has 1 unspecified atom stereocenters. The molecule has 280 valence electrons. The molecule has 57 heavy (non-hydrogen) atoms. The maximum absolute atomic E-state index is 3.98. The molecule has 2 heterocycles. The monoisotopic (exact) mass is 803 g/mol. The second-order valence-corrected chi connectivity index (χ2v) is 19.2. The summed E-state index contributed by atoms with van der Waals surface area (Å²) in [5.74, 6) is 0. The van der Waals surface area contributed by atoms with Crippen molar-refractivity contribution in [2.75, 3.05) is 0 Å². The number of aryl methyl sites for hydroxylation is 1. The second kappa shape index (κ2) is 14.7. The molecule has 2 aliphatic carbocycles. The van der Waals surface area contributed by atoms with E-state index in [2.05, 4.69) is 210 Å². The third-order valence-corrected chi connectivity index (χ3v) is 15.1. The Morgan fingerprint density at radius 1 is 0.684 bits per heavy atom. The van der Waals surface area contributed by atoms with Crippen LogP contribution in [0.3, 0.4) is 0 Å². The third-order valence-electron chi connectivity index (χ3n) is 12.3. The fourth-order valence-corrected chi connectivity index (χ4v) is 12.9. The molecule has 10 rings (SSSR count). The fraction of sp³-hybridized carbons (Fsp3) is 0.164. The first-order valence-corrected chi connectivity index (χ1v) is 22.0. The van der Waals surface area contributed by atoms with Crippen LogP contribution in [-0.4, -0.2) is 19.5 Å². The summed E-state index contributed by atoms with van der Waals surface area (Å²) in [7, 11) is 0. The van der Waals surface area contributed by atoms with Gasteiger partial charge in [0, 0.05) is 5.41 Å². The van der Waals surface area contributed by atoms with E-state index in [0.29, 0.717) is 19.8 Å². The van der Waals surface area contributed by atoms with Crippen molar-refractivity contribution in [3.8, 4) is 22.3 Å². The summed E-state index contributed by atoms with van der Waals surface area (Å²) in [5.41, 5.74) is 19.1. The molecule has 0 radical (unpaired) electrons. The van der Waals surface area contributed by atoms with E-state index in [4.69, 9.17) is 0 Å². The number of aromatic nitrogens is 1. The summed E-state index contributed by atoms with van der Waals surface area (Å²) in [5, 5.41) is 1.37. The molecule has 1 nitrogen and oxygen atoms in total. The van der Waals surface area contributed by atoms with Crippen LogP contribution < -0.4 is 4.46 Å². The van der Waals surface area contributed by atoms with Crippen LogP contribution >= 0.6 is 0 Å². The summed E-state index contributed by atoms with van der Waals surface area (Å²) in [6.45, 7) is 15.6. The van der Waals surface area contributed by atoms with Gasteiger partial charge in [-0.1, -0.05) is 80.6 Å². The molecule has 1 atom stereocenters. The Bertz CT molecular complexity index is 2720. The van der Waals surface area contributed by atoms with Gasteiger partial charge in [0.1, 0.15) is 0 Å². The number of para-hydroxylation sites is 1. The maximum atomic E-state index is 3.98. The minimum absolute atomic E-state index is 0.0106. The Hall–Kier alpha value is -5.66. The van der Waals surface area contributed by atoms with Gasteiger partial charge in [0.25, 0.3) is 0 Å². The van der Waals surface area contributed by atoms with E-state index in [1.165, 1.54) is 72.2 Å². The smallest absolute Gasteiger partial charge is 0.0158 e. The minimum atomic E-state index is 0.0106. The first kappa shape index (κ1) is 36.9. The first-order chi connectivity index (χ1) is 27.6. The predicted octanol–water partition coefficient (Wildman–Crippen LogP) is 13.4. The topological polar surface area (TPSA) is 4.93 Å². The van der Waals surface area contributed by atoms with E-state index in [1.807, 2.05) is 12.2 Å². The van der Waals surface area contributed by atoms with Crippen LogP contribution in [0.4, 0.5) is 0 Å². The number of benzene rings is 6. The number of allylic oxidation sites excluding steroid dienone is 5. The zero-order valence-corrected chi connectivity index (χ0v) is 35.3. The molecule has 6 aromatic carbocycles. The van der Waals surface area contributed by atoms with Gasteiger partial charge in [-0.05, 0) is 22.3 Å². The average molecular weight is 803 g/mol. The molecule has 0 spiro atoms. The van der Waals surface area contributed by atoms with Gasteiger partial charge >= 0.3 is 238 Å². The molecule has 0 saturated heterocycles. The summed E-state index contributed by atoms with van der Waals surface area (Å²) in [4.78, 5) is 0.587. The van der Waals surface area contributed by atoms with Gasteiger partial charge in [0.05, 0.1) is 0 Å². The van der Waals surface area contributed by atoms with E-state index in [-0.39, 0.29) is 10.8 Å². The average Bonchev–Trinajstić information content (AvgIpc) is 3.66. The van der Waals surface area contributed by atoms with Crippen molar-refractivity contribution < 1.29 is 0 Å². The van der Waals surface area contributed by atoms with E-state index in [9.17, 15) is 0 Å². The van der Waals surface area contributed by atoms with Gasteiger partial charge in [0.2, 0.25) is 0 Å². The second-order valence-electron chi connectivity index (χ2n) is 16.6. The molecular formula is C55H49NSe. The Morgan fingerprint density at radius 2 is 1.32 bits per heavy atom. The molecule has 0 amide bonds. The van der Waals surface area contributed by atoms with Crippen LogP contribution in [0.15, 0.2) is 176 Å². The van der Waals surface area contributed by atoms with Crippen molar-refractivity contribution in [2.24, 2.45) is 0 Å². The van der Waals surface area contributed by atoms with Crippen molar-refractivity contribution in [1.82, 2.24) is 4.57 Å². The molecule has 0 saturated carbocycles. The number of nitrogens with zero attached hydrogens (tertiary/aromatic N) is 1. The Morgan fingerprint density at radius 3 is 2.04 bits per heavy atom. The zero-order chi connectivity index (χ0) is 39.3. The SMILES string of the molecule is C=C/C=C\C(=C/n1c2c(c3ccccc31)CC1[Se]c3ccccc3C(C)(C)C1=C2)c1cc(C)cc(-c2ccccc2)c1.CC1(C)c2ccccc2-c2ccccc21. The van der Waals surface area contributed by atoms with Crippen LogP contribution in [0.1, 0.15) is 66.8 Å². The van der Waals surface area contributed by atoms with Crippen LogP contribution in [0.2, 0.25) is 4.82 Å². The van der Waals surface area contributed by atoms with E-state index in [1.54, 1.807) is 10.0 Å². The van der Waals surface area contributed by atoms with Crippen LogP contribution in [0.5, 0.6) is 0 Å². The zero-order valence-electron chi connectivity index (χ0n) is 33.6. The minimum Gasteiger partial charge on any atom is -0.0619 e. The Labute approximate surface area is 345 Å². The van der Waals surface area contributed by atoms with E-state index < -0.39 is 0 Å². The van der Waals surface area contributed by atoms with Crippen molar-refractivity contribution in [1.29, 1.82) is 0 Å². The number of hydrogen-bond donors (Lipinski definition) is 0. The van der Waals surface area contributed by atoms with E-state index >= 15 is 0 Å². The van der Waals surface area contributed by atoms with Crippen LogP contribution in [0, 0.1) is 6.92 Å².